The Labute approximate surface area is 113 Å². The summed E-state index contributed by atoms with van der Waals surface area (Å²) in [6.45, 7) is 2.46. The van der Waals surface area contributed by atoms with Crippen LogP contribution in [0.1, 0.15) is 41.7 Å². The minimum atomic E-state index is -0.184. The van der Waals surface area contributed by atoms with Gasteiger partial charge in [0.2, 0.25) is 0 Å². The van der Waals surface area contributed by atoms with Gasteiger partial charge in [-0.05, 0) is 31.9 Å². The number of carbonyl (C=O) groups is 2. The predicted octanol–water partition coefficient (Wildman–Crippen LogP) is 1.85. The van der Waals surface area contributed by atoms with Crippen molar-refractivity contribution in [1.82, 2.24) is 10.3 Å². The first-order chi connectivity index (χ1) is 9.13. The summed E-state index contributed by atoms with van der Waals surface area (Å²) in [5.41, 5.74) is 1.45. The number of methoxy groups -OCH3 is 1. The van der Waals surface area contributed by atoms with E-state index in [9.17, 15) is 9.59 Å². The molecule has 0 bridgehead atoms. The molecule has 19 heavy (non-hydrogen) atoms. The van der Waals surface area contributed by atoms with Crippen LogP contribution in [0, 0.1) is 6.92 Å². The molecule has 104 valence electrons. The molecule has 5 heteroatoms. The first kappa shape index (κ1) is 15.1. The molecule has 0 unspecified atom stereocenters. The number of nitrogens with zero attached hydrogens (tertiary/aromatic N) is 1. The molecule has 1 rings (SSSR count). The van der Waals surface area contributed by atoms with Crippen molar-refractivity contribution in [3.8, 4) is 0 Å². The maximum absolute atomic E-state index is 11.8. The zero-order chi connectivity index (χ0) is 14.1. The molecule has 0 atom stereocenters. The summed E-state index contributed by atoms with van der Waals surface area (Å²) in [7, 11) is 1.39. The van der Waals surface area contributed by atoms with Crippen LogP contribution in [0.2, 0.25) is 0 Å². The number of rotatable bonds is 7. The summed E-state index contributed by atoms with van der Waals surface area (Å²) in [5.74, 6) is -0.269. The third-order valence-corrected chi connectivity index (χ3v) is 2.73. The average molecular weight is 264 g/mol. The SMILES string of the molecule is COC(=O)CCCCCNC(=O)c1ccnc(C)c1. The highest BCUT2D eigenvalue weighted by Crippen LogP contribution is 2.02. The predicted molar refractivity (Wildman–Crippen MR) is 71.8 cm³/mol. The molecule has 0 fully saturated rings. The van der Waals surface area contributed by atoms with E-state index >= 15 is 0 Å². The number of aryl methyl sites for hydroxylation is 1. The highest BCUT2D eigenvalue weighted by molar-refractivity contribution is 5.94. The lowest BCUT2D eigenvalue weighted by Crippen LogP contribution is -2.24. The minimum absolute atomic E-state index is 0.0848. The number of unbranched alkanes of at least 4 members (excludes halogenated alkanes) is 2. The van der Waals surface area contributed by atoms with E-state index in [1.165, 1.54) is 7.11 Å². The Bertz CT molecular complexity index is 432. The van der Waals surface area contributed by atoms with Crippen LogP contribution in [0.5, 0.6) is 0 Å². The summed E-state index contributed by atoms with van der Waals surface area (Å²) >= 11 is 0. The Kier molecular flexibility index (Phi) is 6.57. The Hall–Kier alpha value is -1.91. The highest BCUT2D eigenvalue weighted by atomic mass is 16.5. The van der Waals surface area contributed by atoms with Crippen molar-refractivity contribution in [2.24, 2.45) is 0 Å². The first-order valence-electron chi connectivity index (χ1n) is 6.41. The van der Waals surface area contributed by atoms with E-state index in [0.717, 1.165) is 25.0 Å². The number of esters is 1. The third kappa shape index (κ3) is 5.99. The molecule has 0 spiro atoms. The van der Waals surface area contributed by atoms with E-state index in [4.69, 9.17) is 0 Å². The fraction of sp³-hybridized carbons (Fsp3) is 0.500. The molecule has 0 radical (unpaired) electrons. The Morgan fingerprint density at radius 2 is 2.11 bits per heavy atom. The number of nitrogens with one attached hydrogen (secondary N) is 1. The monoisotopic (exact) mass is 264 g/mol. The van der Waals surface area contributed by atoms with E-state index in [1.807, 2.05) is 6.92 Å². The molecule has 1 N–H and O–H groups in total. The van der Waals surface area contributed by atoms with Gasteiger partial charge >= 0.3 is 5.97 Å². The van der Waals surface area contributed by atoms with Gasteiger partial charge in [-0.1, -0.05) is 6.42 Å². The molecule has 1 aromatic heterocycles. The third-order valence-electron chi connectivity index (χ3n) is 2.73. The number of aromatic nitrogens is 1. The maximum atomic E-state index is 11.8. The number of carbonyl (C=O) groups excluding carboxylic acids is 2. The lowest BCUT2D eigenvalue weighted by molar-refractivity contribution is -0.140. The van der Waals surface area contributed by atoms with Gasteiger partial charge in [0.25, 0.3) is 5.91 Å². The molecule has 0 aromatic carbocycles. The Morgan fingerprint density at radius 3 is 2.79 bits per heavy atom. The van der Waals surface area contributed by atoms with Crippen molar-refractivity contribution < 1.29 is 14.3 Å². The first-order valence-corrected chi connectivity index (χ1v) is 6.41. The van der Waals surface area contributed by atoms with Crippen molar-refractivity contribution in [2.45, 2.75) is 32.6 Å². The minimum Gasteiger partial charge on any atom is -0.469 e. The second-order valence-corrected chi connectivity index (χ2v) is 4.33. The summed E-state index contributed by atoms with van der Waals surface area (Å²) in [4.78, 5) is 26.7. The molecule has 0 aliphatic carbocycles. The fourth-order valence-corrected chi connectivity index (χ4v) is 1.66. The molecule has 0 saturated heterocycles. The zero-order valence-corrected chi connectivity index (χ0v) is 11.4. The van der Waals surface area contributed by atoms with Gasteiger partial charge in [-0.2, -0.15) is 0 Å². The topological polar surface area (TPSA) is 68.3 Å². The van der Waals surface area contributed by atoms with Gasteiger partial charge in [-0.25, -0.2) is 0 Å². The van der Waals surface area contributed by atoms with Crippen molar-refractivity contribution in [3.05, 3.63) is 29.6 Å². The van der Waals surface area contributed by atoms with Gasteiger partial charge in [0.15, 0.2) is 0 Å². The van der Waals surface area contributed by atoms with E-state index in [2.05, 4.69) is 15.0 Å². The van der Waals surface area contributed by atoms with Crippen LogP contribution < -0.4 is 5.32 Å². The lowest BCUT2D eigenvalue weighted by atomic mass is 10.2. The second-order valence-electron chi connectivity index (χ2n) is 4.33. The summed E-state index contributed by atoms with van der Waals surface area (Å²) < 4.78 is 4.55. The Morgan fingerprint density at radius 1 is 1.32 bits per heavy atom. The summed E-state index contributed by atoms with van der Waals surface area (Å²) in [6, 6.07) is 3.45. The van der Waals surface area contributed by atoms with Crippen molar-refractivity contribution in [2.75, 3.05) is 13.7 Å². The largest absolute Gasteiger partial charge is 0.469 e. The van der Waals surface area contributed by atoms with E-state index in [-0.39, 0.29) is 11.9 Å². The van der Waals surface area contributed by atoms with Crippen LogP contribution in [0.3, 0.4) is 0 Å². The Balaban J connectivity index is 2.16. The van der Waals surface area contributed by atoms with Gasteiger partial charge in [0.05, 0.1) is 7.11 Å². The quantitative estimate of drug-likeness (QED) is 0.603. The average Bonchev–Trinajstić information content (AvgIpc) is 2.42. The van der Waals surface area contributed by atoms with Crippen molar-refractivity contribution in [3.63, 3.8) is 0 Å². The van der Waals surface area contributed by atoms with E-state index in [1.54, 1.807) is 18.3 Å². The van der Waals surface area contributed by atoms with Crippen LogP contribution >= 0.6 is 0 Å². The number of hydrogen-bond acceptors (Lipinski definition) is 4. The smallest absolute Gasteiger partial charge is 0.305 e. The molecule has 0 aliphatic rings. The number of pyridine rings is 1. The van der Waals surface area contributed by atoms with Gasteiger partial charge in [0.1, 0.15) is 0 Å². The van der Waals surface area contributed by atoms with E-state index in [0.29, 0.717) is 18.5 Å². The van der Waals surface area contributed by atoms with Crippen molar-refractivity contribution >= 4 is 11.9 Å². The normalized spacial score (nSPS) is 10.0. The number of ether oxygens (including phenoxy) is 1. The van der Waals surface area contributed by atoms with Gasteiger partial charge in [-0.3, -0.25) is 14.6 Å². The summed E-state index contributed by atoms with van der Waals surface area (Å²) in [5, 5.41) is 2.85. The highest BCUT2D eigenvalue weighted by Gasteiger charge is 2.05. The van der Waals surface area contributed by atoms with Crippen molar-refractivity contribution in [1.29, 1.82) is 0 Å². The van der Waals surface area contributed by atoms with Gasteiger partial charge < -0.3 is 10.1 Å². The molecule has 1 aromatic rings. The second kappa shape index (κ2) is 8.24. The van der Waals surface area contributed by atoms with E-state index < -0.39 is 0 Å². The number of amides is 1. The lowest BCUT2D eigenvalue weighted by Gasteiger charge is -2.05. The number of hydrogen-bond donors (Lipinski definition) is 1. The molecule has 0 aliphatic heterocycles. The molecule has 0 saturated carbocycles. The van der Waals surface area contributed by atoms with Gasteiger partial charge in [-0.15, -0.1) is 0 Å². The van der Waals surface area contributed by atoms with Crippen LogP contribution in [-0.2, 0) is 9.53 Å². The molecule has 1 amide bonds. The van der Waals surface area contributed by atoms with Gasteiger partial charge in [0, 0.05) is 30.4 Å². The summed E-state index contributed by atoms with van der Waals surface area (Å²) in [6.07, 6.45) is 4.60. The fourth-order valence-electron chi connectivity index (χ4n) is 1.66. The molecule has 1 heterocycles. The zero-order valence-electron chi connectivity index (χ0n) is 11.4. The molecular weight excluding hydrogens is 244 g/mol. The van der Waals surface area contributed by atoms with Crippen LogP contribution in [0.25, 0.3) is 0 Å². The molecular formula is C14H20N2O3. The molecule has 5 nitrogen and oxygen atoms in total. The standard InChI is InChI=1S/C14H20N2O3/c1-11-10-12(7-9-15-11)14(18)16-8-5-3-4-6-13(17)19-2/h7,9-10H,3-6,8H2,1-2H3,(H,16,18). The van der Waals surface area contributed by atoms with Crippen LogP contribution in [0.4, 0.5) is 0 Å². The van der Waals surface area contributed by atoms with Crippen LogP contribution in [-0.4, -0.2) is 30.5 Å². The maximum Gasteiger partial charge on any atom is 0.305 e. The van der Waals surface area contributed by atoms with Crippen LogP contribution in [0.15, 0.2) is 18.3 Å².